The number of fused-ring (bicyclic) bond motifs is 2. The summed E-state index contributed by atoms with van der Waals surface area (Å²) in [5.41, 5.74) is 12.2. The molecular formula is C27H37N9O. The fourth-order valence-electron chi connectivity index (χ4n) is 5.78. The number of rotatable bonds is 5. The van der Waals surface area contributed by atoms with Crippen LogP contribution in [0.2, 0.25) is 0 Å². The summed E-state index contributed by atoms with van der Waals surface area (Å²) in [6, 6.07) is 9.03. The second kappa shape index (κ2) is 10.0. The number of pyridine rings is 1. The zero-order valence-electron chi connectivity index (χ0n) is 21.8. The molecule has 0 bridgehead atoms. The topological polar surface area (TPSA) is 113 Å². The Morgan fingerprint density at radius 3 is 2.78 bits per heavy atom. The van der Waals surface area contributed by atoms with E-state index in [9.17, 15) is 4.79 Å². The molecule has 0 saturated carbocycles. The molecule has 5 N–H and O–H groups in total. The minimum Gasteiger partial charge on any atom is -0.367 e. The van der Waals surface area contributed by atoms with Crippen LogP contribution in [0.15, 0.2) is 36.7 Å². The maximum Gasteiger partial charge on any atom is 0.226 e. The summed E-state index contributed by atoms with van der Waals surface area (Å²) in [6.07, 6.45) is 4.54. The molecule has 1 aromatic carbocycles. The van der Waals surface area contributed by atoms with Crippen molar-refractivity contribution in [2.45, 2.75) is 38.4 Å². The van der Waals surface area contributed by atoms with Crippen LogP contribution in [0.1, 0.15) is 43.7 Å². The van der Waals surface area contributed by atoms with Gasteiger partial charge in [-0.1, -0.05) is 19.9 Å². The van der Waals surface area contributed by atoms with Crippen LogP contribution >= 0.6 is 0 Å². The Balaban J connectivity index is 1.22. The number of para-hydroxylation sites is 1. The first-order chi connectivity index (χ1) is 18.0. The van der Waals surface area contributed by atoms with E-state index in [0.29, 0.717) is 12.0 Å². The number of piperazine rings is 1. The van der Waals surface area contributed by atoms with Crippen LogP contribution in [0.3, 0.4) is 0 Å². The van der Waals surface area contributed by atoms with E-state index < -0.39 is 0 Å². The number of hydrazine groups is 1. The SMILES string of the molecule is CC(C)C(=O)Nc1cncc(C2CC3C(CN2)NNC3c2nc3c(N4CCN(C)CC4)cccc3[nH]2)c1. The largest absolute Gasteiger partial charge is 0.367 e. The normalized spacial score (nSPS) is 26.5. The molecule has 0 radical (unpaired) electrons. The number of carbonyl (C=O) groups excluding carboxylic acids is 1. The van der Waals surface area contributed by atoms with Crippen molar-refractivity contribution in [3.05, 3.63) is 48.0 Å². The second-order valence-corrected chi connectivity index (χ2v) is 11.0. The fourth-order valence-corrected chi connectivity index (χ4v) is 5.78. The lowest BCUT2D eigenvalue weighted by Crippen LogP contribution is -2.46. The van der Waals surface area contributed by atoms with Gasteiger partial charge in [0.05, 0.1) is 29.1 Å². The highest BCUT2D eigenvalue weighted by atomic mass is 16.1. The average Bonchev–Trinajstić information content (AvgIpc) is 3.53. The van der Waals surface area contributed by atoms with E-state index in [2.05, 4.69) is 66.5 Å². The lowest BCUT2D eigenvalue weighted by atomic mass is 9.82. The molecule has 5 heterocycles. The van der Waals surface area contributed by atoms with Gasteiger partial charge in [-0.3, -0.25) is 15.2 Å². The van der Waals surface area contributed by atoms with Gasteiger partial charge in [-0.15, -0.1) is 0 Å². The Labute approximate surface area is 217 Å². The van der Waals surface area contributed by atoms with Crippen molar-refractivity contribution < 1.29 is 4.79 Å². The van der Waals surface area contributed by atoms with Gasteiger partial charge < -0.3 is 25.4 Å². The molecule has 10 heteroatoms. The molecule has 10 nitrogen and oxygen atoms in total. The number of nitrogens with zero attached hydrogens (tertiary/aromatic N) is 4. The molecule has 3 saturated heterocycles. The van der Waals surface area contributed by atoms with Crippen molar-refractivity contribution in [3.8, 4) is 0 Å². The van der Waals surface area contributed by atoms with Crippen LogP contribution in [0, 0.1) is 11.8 Å². The summed E-state index contributed by atoms with van der Waals surface area (Å²) >= 11 is 0. The van der Waals surface area contributed by atoms with Gasteiger partial charge in [-0.2, -0.15) is 0 Å². The van der Waals surface area contributed by atoms with Crippen LogP contribution in [-0.4, -0.2) is 71.6 Å². The molecule has 4 unspecified atom stereocenters. The third-order valence-corrected chi connectivity index (χ3v) is 8.06. The molecule has 3 aromatic rings. The Bertz CT molecular complexity index is 1270. The quantitative estimate of drug-likeness (QED) is 0.360. The highest BCUT2D eigenvalue weighted by Crippen LogP contribution is 2.39. The molecule has 0 spiro atoms. The van der Waals surface area contributed by atoms with Crippen molar-refractivity contribution >= 4 is 28.3 Å². The van der Waals surface area contributed by atoms with Crippen LogP contribution in [0.5, 0.6) is 0 Å². The Morgan fingerprint density at radius 2 is 1.97 bits per heavy atom. The summed E-state index contributed by atoms with van der Waals surface area (Å²) in [5, 5.41) is 6.64. The average molecular weight is 504 g/mol. The van der Waals surface area contributed by atoms with E-state index >= 15 is 0 Å². The summed E-state index contributed by atoms with van der Waals surface area (Å²) < 4.78 is 0. The monoisotopic (exact) mass is 503 g/mol. The number of imidazole rings is 1. The van der Waals surface area contributed by atoms with E-state index in [1.165, 1.54) is 5.69 Å². The molecular weight excluding hydrogens is 466 g/mol. The summed E-state index contributed by atoms with van der Waals surface area (Å²) in [5.74, 6) is 1.26. The minimum absolute atomic E-state index is 0.000651. The molecule has 196 valence electrons. The number of piperidine rings is 1. The first kappa shape index (κ1) is 24.3. The fraction of sp³-hybridized carbons (Fsp3) is 0.519. The van der Waals surface area contributed by atoms with Gasteiger partial charge in [0.25, 0.3) is 0 Å². The molecule has 6 rings (SSSR count). The number of hydrogen-bond donors (Lipinski definition) is 5. The van der Waals surface area contributed by atoms with E-state index in [-0.39, 0.29) is 23.9 Å². The Kier molecular flexibility index (Phi) is 6.58. The highest BCUT2D eigenvalue weighted by Gasteiger charge is 2.42. The molecule has 37 heavy (non-hydrogen) atoms. The maximum absolute atomic E-state index is 12.2. The lowest BCUT2D eigenvalue weighted by molar-refractivity contribution is -0.118. The summed E-state index contributed by atoms with van der Waals surface area (Å²) in [6.45, 7) is 8.79. The first-order valence-corrected chi connectivity index (χ1v) is 13.4. The Hall–Kier alpha value is -3.05. The van der Waals surface area contributed by atoms with Gasteiger partial charge in [0, 0.05) is 62.8 Å². The lowest BCUT2D eigenvalue weighted by Gasteiger charge is -2.34. The van der Waals surface area contributed by atoms with Gasteiger partial charge >= 0.3 is 0 Å². The molecule has 3 fully saturated rings. The minimum atomic E-state index is -0.0748. The molecule has 1 amide bonds. The van der Waals surface area contributed by atoms with Gasteiger partial charge in [0.2, 0.25) is 5.91 Å². The number of aromatic amines is 1. The molecule has 2 aromatic heterocycles. The van der Waals surface area contributed by atoms with Crippen molar-refractivity contribution in [1.29, 1.82) is 0 Å². The van der Waals surface area contributed by atoms with E-state index in [1.54, 1.807) is 6.20 Å². The van der Waals surface area contributed by atoms with Crippen molar-refractivity contribution in [3.63, 3.8) is 0 Å². The number of carbonyl (C=O) groups is 1. The van der Waals surface area contributed by atoms with Crippen LogP contribution in [0.4, 0.5) is 11.4 Å². The predicted octanol–water partition coefficient (Wildman–Crippen LogP) is 2.17. The standard InChI is InChI=1S/C27H37N9O/c1-16(2)27(37)30-18-11-17(13-28-14-18)21-12-19-22(15-29-21)33-34-24(19)26-31-20-5-4-6-23(25(20)32-26)36-9-7-35(3)8-10-36/h4-6,11,13-14,16,19,21-22,24,29,33-34H,7-10,12,15H2,1-3H3,(H,30,37)(H,31,32). The third-order valence-electron chi connectivity index (χ3n) is 8.06. The van der Waals surface area contributed by atoms with E-state index in [1.807, 2.05) is 26.1 Å². The molecule has 4 atom stereocenters. The van der Waals surface area contributed by atoms with Gasteiger partial charge in [-0.05, 0) is 37.2 Å². The van der Waals surface area contributed by atoms with Crippen LogP contribution in [0.25, 0.3) is 11.0 Å². The summed E-state index contributed by atoms with van der Waals surface area (Å²) in [7, 11) is 2.18. The zero-order chi connectivity index (χ0) is 25.5. The number of hydrogen-bond acceptors (Lipinski definition) is 8. The number of H-pyrrole nitrogens is 1. The van der Waals surface area contributed by atoms with E-state index in [0.717, 1.165) is 67.3 Å². The third kappa shape index (κ3) is 4.82. The number of anilines is 2. The molecule has 3 aliphatic heterocycles. The van der Waals surface area contributed by atoms with Crippen molar-refractivity contribution in [2.75, 3.05) is 50.0 Å². The van der Waals surface area contributed by atoms with Gasteiger partial charge in [0.15, 0.2) is 0 Å². The second-order valence-electron chi connectivity index (χ2n) is 11.0. The number of nitrogens with one attached hydrogen (secondary N) is 5. The summed E-state index contributed by atoms with van der Waals surface area (Å²) in [4.78, 5) is 30.2. The van der Waals surface area contributed by atoms with Crippen LogP contribution < -0.4 is 26.4 Å². The first-order valence-electron chi connectivity index (χ1n) is 13.4. The van der Waals surface area contributed by atoms with Crippen molar-refractivity contribution in [2.24, 2.45) is 11.8 Å². The Morgan fingerprint density at radius 1 is 1.14 bits per heavy atom. The predicted molar refractivity (Wildman–Crippen MR) is 145 cm³/mol. The van der Waals surface area contributed by atoms with Crippen LogP contribution in [-0.2, 0) is 4.79 Å². The zero-order valence-corrected chi connectivity index (χ0v) is 21.8. The number of benzene rings is 1. The number of aromatic nitrogens is 3. The number of likely N-dealkylation sites (N-methyl/N-ethyl adjacent to an activating group) is 1. The van der Waals surface area contributed by atoms with Gasteiger partial charge in [-0.25, -0.2) is 10.4 Å². The molecule has 0 aliphatic carbocycles. The van der Waals surface area contributed by atoms with Gasteiger partial charge in [0.1, 0.15) is 11.3 Å². The van der Waals surface area contributed by atoms with Crippen molar-refractivity contribution in [1.82, 2.24) is 36.0 Å². The number of amides is 1. The highest BCUT2D eigenvalue weighted by molar-refractivity contribution is 5.92. The molecule has 3 aliphatic rings. The van der Waals surface area contributed by atoms with E-state index in [4.69, 9.17) is 4.98 Å². The smallest absolute Gasteiger partial charge is 0.226 e. The maximum atomic E-state index is 12.2.